The van der Waals surface area contributed by atoms with E-state index in [1.807, 2.05) is 36.4 Å². The fraction of sp³-hybridized carbons (Fsp3) is 0.250. The van der Waals surface area contributed by atoms with Gasteiger partial charge in [-0.15, -0.1) is 0 Å². The summed E-state index contributed by atoms with van der Waals surface area (Å²) < 4.78 is 0. The van der Waals surface area contributed by atoms with Gasteiger partial charge in [0.25, 0.3) is 0 Å². The van der Waals surface area contributed by atoms with Crippen LogP contribution in [-0.4, -0.2) is 0 Å². The van der Waals surface area contributed by atoms with E-state index in [9.17, 15) is 0 Å². The molecule has 4 aromatic carbocycles. The molecule has 4 aromatic rings. The highest BCUT2D eigenvalue weighted by Gasteiger charge is 1.97. The Bertz CT molecular complexity index is 943. The second kappa shape index (κ2) is 14.8. The molecule has 0 saturated carbocycles. The zero-order chi connectivity index (χ0) is 23.9. The van der Waals surface area contributed by atoms with Crippen molar-refractivity contribution < 1.29 is 0 Å². The average molecular weight is 425 g/mol. The largest absolute Gasteiger partial charge is 0.0622 e. The molecule has 0 N–H and O–H groups in total. The van der Waals surface area contributed by atoms with Crippen LogP contribution in [0.25, 0.3) is 0 Å². The standard InChI is InChI=1S/C10H14.C8H10.2C7H8/c1-7-5-6-8(2)10(4)9(7)3;1-7-5-3-4-6-8(7)2;2*1-7-5-3-2-4-6-7/h5-6H,1-4H3;3-6H,1-2H3;2*2-6H,1H3. The zero-order valence-electron chi connectivity index (χ0n) is 21.2. The first-order valence-corrected chi connectivity index (χ1v) is 11.3. The van der Waals surface area contributed by atoms with Gasteiger partial charge in [0.2, 0.25) is 0 Å². The van der Waals surface area contributed by atoms with Gasteiger partial charge in [0, 0.05) is 0 Å². The monoisotopic (exact) mass is 424 g/mol. The summed E-state index contributed by atoms with van der Waals surface area (Å²) in [6.07, 6.45) is 0. The molecule has 168 valence electrons. The Morgan fingerprint density at radius 2 is 0.562 bits per heavy atom. The smallest absolute Gasteiger partial charge is 0.0392 e. The first-order chi connectivity index (χ1) is 15.2. The number of rotatable bonds is 0. The van der Waals surface area contributed by atoms with Crippen LogP contribution >= 0.6 is 0 Å². The molecule has 4 rings (SSSR count). The van der Waals surface area contributed by atoms with E-state index >= 15 is 0 Å². The summed E-state index contributed by atoms with van der Waals surface area (Å²) in [6.45, 7) is 17.1. The van der Waals surface area contributed by atoms with Crippen molar-refractivity contribution in [2.24, 2.45) is 0 Å². The molecule has 0 unspecified atom stereocenters. The summed E-state index contributed by atoms with van der Waals surface area (Å²) in [4.78, 5) is 0. The van der Waals surface area contributed by atoms with Crippen molar-refractivity contribution in [2.45, 2.75) is 55.4 Å². The molecule has 32 heavy (non-hydrogen) atoms. The Morgan fingerprint density at radius 3 is 0.781 bits per heavy atom. The Morgan fingerprint density at radius 1 is 0.281 bits per heavy atom. The maximum absolute atomic E-state index is 2.18. The van der Waals surface area contributed by atoms with E-state index in [1.165, 1.54) is 44.5 Å². The minimum Gasteiger partial charge on any atom is -0.0622 e. The lowest BCUT2D eigenvalue weighted by atomic mass is 10.0. The number of hydrogen-bond donors (Lipinski definition) is 0. The maximum Gasteiger partial charge on any atom is -0.0392 e. The van der Waals surface area contributed by atoms with Crippen LogP contribution < -0.4 is 0 Å². The Labute approximate surface area is 197 Å². The predicted molar refractivity (Wildman–Crippen MR) is 144 cm³/mol. The van der Waals surface area contributed by atoms with Crippen molar-refractivity contribution in [1.29, 1.82) is 0 Å². The SMILES string of the molecule is Cc1ccc(C)c(C)c1C.Cc1ccccc1.Cc1ccccc1.Cc1ccccc1C. The number of aryl methyl sites for hydroxylation is 6. The lowest BCUT2D eigenvalue weighted by molar-refractivity contribution is 1.22. The summed E-state index contributed by atoms with van der Waals surface area (Å²) in [6, 6.07) is 33.2. The van der Waals surface area contributed by atoms with Crippen molar-refractivity contribution in [2.75, 3.05) is 0 Å². The molecule has 0 aliphatic rings. The van der Waals surface area contributed by atoms with E-state index in [0.29, 0.717) is 0 Å². The molecule has 0 amide bonds. The van der Waals surface area contributed by atoms with E-state index < -0.39 is 0 Å². The summed E-state index contributed by atoms with van der Waals surface area (Å²) >= 11 is 0. The summed E-state index contributed by atoms with van der Waals surface area (Å²) in [5, 5.41) is 0. The van der Waals surface area contributed by atoms with Crippen LogP contribution in [0.5, 0.6) is 0 Å². The molecule has 0 radical (unpaired) electrons. The Kier molecular flexibility index (Phi) is 12.5. The Hall–Kier alpha value is -3.12. The van der Waals surface area contributed by atoms with Gasteiger partial charge in [0.05, 0.1) is 0 Å². The Balaban J connectivity index is 0.000000216. The number of benzene rings is 4. The van der Waals surface area contributed by atoms with Crippen molar-refractivity contribution in [3.63, 3.8) is 0 Å². The third-order valence-electron chi connectivity index (χ3n) is 5.64. The van der Waals surface area contributed by atoms with Crippen LogP contribution in [0.4, 0.5) is 0 Å². The lowest BCUT2D eigenvalue weighted by Crippen LogP contribution is -1.88. The van der Waals surface area contributed by atoms with Crippen LogP contribution in [-0.2, 0) is 0 Å². The molecule has 0 aliphatic carbocycles. The molecule has 0 nitrogen and oxygen atoms in total. The van der Waals surface area contributed by atoms with Gasteiger partial charge in [-0.05, 0) is 88.8 Å². The van der Waals surface area contributed by atoms with Gasteiger partial charge < -0.3 is 0 Å². The van der Waals surface area contributed by atoms with Gasteiger partial charge in [-0.25, -0.2) is 0 Å². The topological polar surface area (TPSA) is 0 Å². The van der Waals surface area contributed by atoms with Crippen LogP contribution in [0.2, 0.25) is 0 Å². The molecule has 0 spiro atoms. The van der Waals surface area contributed by atoms with Crippen molar-refractivity contribution >= 4 is 0 Å². The van der Waals surface area contributed by atoms with Gasteiger partial charge in [-0.1, -0.05) is 108 Å². The van der Waals surface area contributed by atoms with Gasteiger partial charge in [0.1, 0.15) is 0 Å². The van der Waals surface area contributed by atoms with Crippen molar-refractivity contribution in [3.05, 3.63) is 142 Å². The lowest BCUT2D eigenvalue weighted by Gasteiger charge is -2.06. The predicted octanol–water partition coefficient (Wildman–Crippen LogP) is 9.21. The summed E-state index contributed by atoms with van der Waals surface area (Å²) in [5.41, 5.74) is 11.0. The zero-order valence-corrected chi connectivity index (χ0v) is 21.2. The summed E-state index contributed by atoms with van der Waals surface area (Å²) in [7, 11) is 0. The first-order valence-electron chi connectivity index (χ1n) is 11.3. The second-order valence-electron chi connectivity index (χ2n) is 8.34. The normalized spacial score (nSPS) is 9.25. The molecule has 0 fully saturated rings. The van der Waals surface area contributed by atoms with E-state index in [-0.39, 0.29) is 0 Å². The van der Waals surface area contributed by atoms with E-state index in [1.54, 1.807) is 0 Å². The van der Waals surface area contributed by atoms with Crippen LogP contribution in [0, 0.1) is 55.4 Å². The molecule has 0 heteroatoms. The number of hydrogen-bond acceptors (Lipinski definition) is 0. The van der Waals surface area contributed by atoms with Crippen molar-refractivity contribution in [3.8, 4) is 0 Å². The average Bonchev–Trinajstić information content (AvgIpc) is 2.79. The third kappa shape index (κ3) is 10.8. The van der Waals surface area contributed by atoms with E-state index in [0.717, 1.165) is 0 Å². The molecule has 0 saturated heterocycles. The minimum absolute atomic E-state index is 1.32. The van der Waals surface area contributed by atoms with Crippen LogP contribution in [0.1, 0.15) is 44.5 Å². The van der Waals surface area contributed by atoms with E-state index in [2.05, 4.69) is 116 Å². The first kappa shape index (κ1) is 26.9. The molecule has 0 aromatic heterocycles. The molecule has 0 atom stereocenters. The van der Waals surface area contributed by atoms with Gasteiger partial charge in [0.15, 0.2) is 0 Å². The molecule has 0 heterocycles. The quantitative estimate of drug-likeness (QED) is 0.264. The third-order valence-corrected chi connectivity index (χ3v) is 5.64. The fourth-order valence-electron chi connectivity index (χ4n) is 2.82. The van der Waals surface area contributed by atoms with Gasteiger partial charge in [-0.3, -0.25) is 0 Å². The van der Waals surface area contributed by atoms with Crippen molar-refractivity contribution in [1.82, 2.24) is 0 Å². The maximum atomic E-state index is 2.18. The van der Waals surface area contributed by atoms with Crippen LogP contribution in [0.3, 0.4) is 0 Å². The molecule has 0 aliphatic heterocycles. The molecule has 0 bridgehead atoms. The van der Waals surface area contributed by atoms with Gasteiger partial charge in [-0.2, -0.15) is 0 Å². The highest BCUT2D eigenvalue weighted by Crippen LogP contribution is 2.15. The summed E-state index contributed by atoms with van der Waals surface area (Å²) in [5.74, 6) is 0. The minimum atomic E-state index is 1.32. The highest BCUT2D eigenvalue weighted by molar-refractivity contribution is 5.37. The highest BCUT2D eigenvalue weighted by atomic mass is 14.0. The van der Waals surface area contributed by atoms with Gasteiger partial charge >= 0.3 is 0 Å². The van der Waals surface area contributed by atoms with Crippen LogP contribution in [0.15, 0.2) is 97.1 Å². The van der Waals surface area contributed by atoms with E-state index in [4.69, 9.17) is 0 Å². The molecular weight excluding hydrogens is 384 g/mol. The fourth-order valence-corrected chi connectivity index (χ4v) is 2.82. The second-order valence-corrected chi connectivity index (χ2v) is 8.34. The molecular formula is C32H40.